The molecule has 0 spiro atoms. The minimum absolute atomic E-state index is 0.504. The Kier molecular flexibility index (Phi) is 3.23. The second kappa shape index (κ2) is 5.37. The second-order valence-corrected chi connectivity index (χ2v) is 6.03. The van der Waals surface area contributed by atoms with Crippen molar-refractivity contribution in [1.29, 1.82) is 0 Å². The van der Waals surface area contributed by atoms with E-state index in [9.17, 15) is 0 Å². The van der Waals surface area contributed by atoms with Crippen LogP contribution in [0.3, 0.4) is 0 Å². The average Bonchev–Trinajstić information content (AvgIpc) is 3.09. The molecule has 6 heteroatoms. The third-order valence-corrected chi connectivity index (χ3v) is 4.25. The minimum Gasteiger partial charge on any atom is -0.424 e. The van der Waals surface area contributed by atoms with E-state index in [0.717, 1.165) is 22.3 Å². The normalized spacial score (nSPS) is 14.5. The highest BCUT2D eigenvalue weighted by molar-refractivity contribution is 7.98. The largest absolute Gasteiger partial charge is 0.424 e. The first kappa shape index (κ1) is 12.6. The van der Waals surface area contributed by atoms with Crippen molar-refractivity contribution in [1.82, 2.24) is 20.2 Å². The van der Waals surface area contributed by atoms with Crippen molar-refractivity contribution in [3.63, 3.8) is 0 Å². The summed E-state index contributed by atoms with van der Waals surface area (Å²) >= 11 is 1.57. The van der Waals surface area contributed by atoms with E-state index in [-0.39, 0.29) is 0 Å². The van der Waals surface area contributed by atoms with Gasteiger partial charge in [-0.3, -0.25) is 0 Å². The fourth-order valence-corrected chi connectivity index (χ4v) is 2.78. The van der Waals surface area contributed by atoms with Crippen LogP contribution in [0.25, 0.3) is 11.3 Å². The van der Waals surface area contributed by atoms with Crippen molar-refractivity contribution in [3.05, 3.63) is 48.3 Å². The lowest BCUT2D eigenvalue weighted by Gasteiger charge is -1.96. The highest BCUT2D eigenvalue weighted by Crippen LogP contribution is 2.39. The zero-order chi connectivity index (χ0) is 14.1. The summed E-state index contributed by atoms with van der Waals surface area (Å²) in [5.74, 6) is 2.60. The molecule has 0 saturated heterocycles. The van der Waals surface area contributed by atoms with E-state index in [0.29, 0.717) is 17.6 Å². The van der Waals surface area contributed by atoms with E-state index in [1.54, 1.807) is 11.8 Å². The van der Waals surface area contributed by atoms with Crippen molar-refractivity contribution in [2.75, 3.05) is 0 Å². The summed E-state index contributed by atoms with van der Waals surface area (Å²) in [5, 5.41) is 9.02. The first-order chi connectivity index (χ1) is 10.4. The smallest absolute Gasteiger partial charge is 0.226 e. The van der Waals surface area contributed by atoms with E-state index in [4.69, 9.17) is 4.42 Å². The van der Waals surface area contributed by atoms with Gasteiger partial charge < -0.3 is 9.40 Å². The Morgan fingerprint density at radius 3 is 2.86 bits per heavy atom. The number of hydrogen-bond acceptors (Lipinski definition) is 5. The molecular weight excluding hydrogens is 284 g/mol. The van der Waals surface area contributed by atoms with Gasteiger partial charge in [-0.25, -0.2) is 4.98 Å². The number of aromatic amines is 1. The van der Waals surface area contributed by atoms with Gasteiger partial charge in [0.1, 0.15) is 0 Å². The Hall–Kier alpha value is -2.08. The number of benzene rings is 1. The molecule has 1 aliphatic rings. The lowest BCUT2D eigenvalue weighted by molar-refractivity contribution is 0.466. The number of hydrogen-bond donors (Lipinski definition) is 1. The number of nitrogens with zero attached hydrogens (tertiary/aromatic N) is 3. The van der Waals surface area contributed by atoms with E-state index >= 15 is 0 Å². The molecule has 0 bridgehead atoms. The molecule has 2 aromatic heterocycles. The Balaban J connectivity index is 1.41. The Labute approximate surface area is 126 Å². The van der Waals surface area contributed by atoms with Crippen molar-refractivity contribution < 1.29 is 4.42 Å². The van der Waals surface area contributed by atoms with Gasteiger partial charge in [0.05, 0.1) is 17.6 Å². The molecule has 1 aliphatic carbocycles. The molecule has 0 unspecified atom stereocenters. The van der Waals surface area contributed by atoms with Crippen LogP contribution in [0.5, 0.6) is 0 Å². The number of rotatable bonds is 5. The molecule has 1 aromatic carbocycles. The number of H-pyrrole nitrogens is 1. The van der Waals surface area contributed by atoms with Crippen molar-refractivity contribution in [2.24, 2.45) is 0 Å². The quantitative estimate of drug-likeness (QED) is 0.728. The fraction of sp³-hybridized carbons (Fsp3) is 0.267. The second-order valence-electron chi connectivity index (χ2n) is 5.07. The molecule has 21 heavy (non-hydrogen) atoms. The van der Waals surface area contributed by atoms with Gasteiger partial charge in [0.15, 0.2) is 5.16 Å². The van der Waals surface area contributed by atoms with Crippen LogP contribution in [0, 0.1) is 0 Å². The summed E-state index contributed by atoms with van der Waals surface area (Å²) in [6, 6.07) is 10.1. The van der Waals surface area contributed by atoms with E-state index in [1.807, 2.05) is 24.4 Å². The summed E-state index contributed by atoms with van der Waals surface area (Å²) in [7, 11) is 0. The predicted molar refractivity (Wildman–Crippen MR) is 79.9 cm³/mol. The summed E-state index contributed by atoms with van der Waals surface area (Å²) in [6.45, 7) is 0. The average molecular weight is 298 g/mol. The van der Waals surface area contributed by atoms with Crippen LogP contribution in [-0.2, 0) is 5.75 Å². The maximum Gasteiger partial charge on any atom is 0.226 e. The van der Waals surface area contributed by atoms with Gasteiger partial charge in [-0.2, -0.15) is 0 Å². The van der Waals surface area contributed by atoms with Gasteiger partial charge in [0, 0.05) is 5.92 Å². The molecule has 1 N–H and O–H groups in total. The first-order valence-electron chi connectivity index (χ1n) is 6.94. The summed E-state index contributed by atoms with van der Waals surface area (Å²) in [5.41, 5.74) is 2.15. The van der Waals surface area contributed by atoms with E-state index in [1.165, 1.54) is 12.8 Å². The van der Waals surface area contributed by atoms with E-state index < -0.39 is 0 Å². The molecule has 0 atom stereocenters. The van der Waals surface area contributed by atoms with Gasteiger partial charge in [0.2, 0.25) is 11.8 Å². The van der Waals surface area contributed by atoms with Crippen LogP contribution in [0.1, 0.15) is 30.5 Å². The van der Waals surface area contributed by atoms with Crippen LogP contribution in [-0.4, -0.2) is 20.2 Å². The standard InChI is InChI=1S/C15H14N4OS/c1-2-4-10(5-3-1)12-8-16-15(17-12)21-9-13-18-19-14(20-13)11-6-7-11/h1-5,8,11H,6-7,9H2,(H,16,17). The van der Waals surface area contributed by atoms with Crippen molar-refractivity contribution >= 4 is 11.8 Å². The highest BCUT2D eigenvalue weighted by atomic mass is 32.2. The molecule has 4 rings (SSSR count). The third kappa shape index (κ3) is 2.85. The lowest BCUT2D eigenvalue weighted by Crippen LogP contribution is -1.82. The molecule has 0 radical (unpaired) electrons. The fourth-order valence-electron chi connectivity index (χ4n) is 2.09. The molecule has 106 valence electrons. The van der Waals surface area contributed by atoms with E-state index in [2.05, 4.69) is 32.3 Å². The molecule has 0 amide bonds. The molecule has 5 nitrogen and oxygen atoms in total. The maximum absolute atomic E-state index is 5.64. The predicted octanol–water partition coefficient (Wildman–Crippen LogP) is 3.63. The number of aromatic nitrogens is 4. The Bertz CT molecular complexity index is 733. The topological polar surface area (TPSA) is 67.6 Å². The van der Waals surface area contributed by atoms with Crippen LogP contribution in [0.15, 0.2) is 46.1 Å². The summed E-state index contributed by atoms with van der Waals surface area (Å²) in [6.07, 6.45) is 4.20. The monoisotopic (exact) mass is 298 g/mol. The molecule has 3 aromatic rings. The molecular formula is C15H14N4OS. The third-order valence-electron chi connectivity index (χ3n) is 3.38. The SMILES string of the molecule is c1ccc(-c2cnc(SCc3nnc(C4CC4)o3)[nH]2)cc1. The molecule has 0 aliphatic heterocycles. The van der Waals surface area contributed by atoms with Crippen molar-refractivity contribution in [2.45, 2.75) is 29.7 Å². The van der Waals surface area contributed by atoms with Gasteiger partial charge >= 0.3 is 0 Å². The number of thioether (sulfide) groups is 1. The Morgan fingerprint density at radius 2 is 2.05 bits per heavy atom. The van der Waals surface area contributed by atoms with Crippen LogP contribution in [0.4, 0.5) is 0 Å². The maximum atomic E-state index is 5.64. The van der Waals surface area contributed by atoms with Crippen LogP contribution < -0.4 is 0 Å². The minimum atomic E-state index is 0.504. The lowest BCUT2D eigenvalue weighted by atomic mass is 10.2. The molecule has 1 fully saturated rings. The van der Waals surface area contributed by atoms with Crippen molar-refractivity contribution in [3.8, 4) is 11.3 Å². The van der Waals surface area contributed by atoms with Gasteiger partial charge in [-0.15, -0.1) is 10.2 Å². The van der Waals surface area contributed by atoms with Crippen LogP contribution in [0.2, 0.25) is 0 Å². The Morgan fingerprint density at radius 1 is 1.19 bits per heavy atom. The number of nitrogens with one attached hydrogen (secondary N) is 1. The first-order valence-corrected chi connectivity index (χ1v) is 7.92. The van der Waals surface area contributed by atoms with Gasteiger partial charge in [-0.05, 0) is 18.4 Å². The summed E-state index contributed by atoms with van der Waals surface area (Å²) in [4.78, 5) is 7.68. The number of imidazole rings is 1. The zero-order valence-electron chi connectivity index (χ0n) is 11.3. The van der Waals surface area contributed by atoms with Crippen LogP contribution >= 0.6 is 11.8 Å². The zero-order valence-corrected chi connectivity index (χ0v) is 12.1. The molecule has 1 saturated carbocycles. The molecule has 2 heterocycles. The van der Waals surface area contributed by atoms with Gasteiger partial charge in [0.25, 0.3) is 0 Å². The highest BCUT2D eigenvalue weighted by Gasteiger charge is 2.29. The van der Waals surface area contributed by atoms with Gasteiger partial charge in [-0.1, -0.05) is 42.1 Å². The summed E-state index contributed by atoms with van der Waals surface area (Å²) < 4.78 is 5.64.